The van der Waals surface area contributed by atoms with Crippen LogP contribution in [0.15, 0.2) is 0 Å². The van der Waals surface area contributed by atoms with E-state index in [9.17, 15) is 9.59 Å². The summed E-state index contributed by atoms with van der Waals surface area (Å²) in [6, 6.07) is 0. The molecule has 1 saturated heterocycles. The van der Waals surface area contributed by atoms with Crippen molar-refractivity contribution in [3.63, 3.8) is 0 Å². The number of hydrogen-bond acceptors (Lipinski definition) is 4. The second-order valence-corrected chi connectivity index (χ2v) is 3.44. The molecule has 0 N–H and O–H groups in total. The molecule has 0 saturated carbocycles. The normalized spacial score (nSPS) is 22.5. The number of rotatable bonds is 2. The van der Waals surface area contributed by atoms with Gasteiger partial charge in [-0.15, -0.1) is 0 Å². The maximum absolute atomic E-state index is 11.0. The molecule has 1 heterocycles. The predicted octanol–water partition coefficient (Wildman–Crippen LogP) is -0.795. The number of carbonyl (C=O) groups excluding carboxylic acids is 2. The minimum Gasteiger partial charge on any atom is -0.295 e. The Morgan fingerprint density at radius 2 is 1.83 bits per heavy atom. The van der Waals surface area contributed by atoms with Crippen LogP contribution in [0, 0.1) is 5.92 Å². The Morgan fingerprint density at radius 1 is 1.33 bits per heavy atom. The lowest BCUT2D eigenvalue weighted by Crippen LogP contribution is -2.48. The molecule has 4 nitrogen and oxygen atoms in total. The second-order valence-electron chi connectivity index (χ2n) is 3.44. The number of Topliss-reactive ketones (excluding diaryl/α,β-unsaturated/α-hetero) is 1. The van der Waals surface area contributed by atoms with E-state index in [0.717, 1.165) is 6.67 Å². The van der Waals surface area contributed by atoms with Crippen molar-refractivity contribution < 1.29 is 9.59 Å². The molecule has 0 aromatic rings. The molecule has 0 aromatic carbocycles. The van der Waals surface area contributed by atoms with Gasteiger partial charge in [0.2, 0.25) is 5.78 Å². The fourth-order valence-corrected chi connectivity index (χ4v) is 1.61. The summed E-state index contributed by atoms with van der Waals surface area (Å²) in [6.45, 7) is 2.26. The molecule has 0 amide bonds. The second kappa shape index (κ2) is 3.78. The zero-order valence-corrected chi connectivity index (χ0v) is 7.49. The van der Waals surface area contributed by atoms with Gasteiger partial charge in [-0.2, -0.15) is 0 Å². The van der Waals surface area contributed by atoms with E-state index in [1.54, 1.807) is 0 Å². The van der Waals surface area contributed by atoms with Gasteiger partial charge >= 0.3 is 0 Å². The minimum absolute atomic E-state index is 0.133. The van der Waals surface area contributed by atoms with Gasteiger partial charge in [0, 0.05) is 13.1 Å². The Balaban J connectivity index is 2.54. The topological polar surface area (TPSA) is 40.6 Å². The van der Waals surface area contributed by atoms with Gasteiger partial charge < -0.3 is 0 Å². The van der Waals surface area contributed by atoms with E-state index < -0.39 is 0 Å². The summed E-state index contributed by atoms with van der Waals surface area (Å²) in [7, 11) is 3.89. The third-order valence-electron chi connectivity index (χ3n) is 2.07. The zero-order chi connectivity index (χ0) is 9.14. The van der Waals surface area contributed by atoms with E-state index in [1.807, 2.05) is 23.9 Å². The first-order valence-electron chi connectivity index (χ1n) is 3.99. The van der Waals surface area contributed by atoms with Crippen molar-refractivity contribution in [1.29, 1.82) is 0 Å². The summed E-state index contributed by atoms with van der Waals surface area (Å²) in [4.78, 5) is 25.3. The number of aldehydes is 1. The van der Waals surface area contributed by atoms with E-state index in [1.165, 1.54) is 0 Å². The van der Waals surface area contributed by atoms with Crippen molar-refractivity contribution in [3.05, 3.63) is 0 Å². The van der Waals surface area contributed by atoms with Crippen molar-refractivity contribution in [2.45, 2.75) is 0 Å². The Morgan fingerprint density at radius 3 is 2.25 bits per heavy atom. The van der Waals surface area contributed by atoms with Crippen molar-refractivity contribution in [2.24, 2.45) is 5.92 Å². The van der Waals surface area contributed by atoms with Gasteiger partial charge in [-0.3, -0.25) is 19.4 Å². The van der Waals surface area contributed by atoms with Crippen molar-refractivity contribution >= 4 is 12.1 Å². The monoisotopic (exact) mass is 170 g/mol. The summed E-state index contributed by atoms with van der Waals surface area (Å²) in [5.41, 5.74) is 0. The molecular formula is C8H14N2O2. The molecule has 68 valence electrons. The lowest BCUT2D eigenvalue weighted by molar-refractivity contribution is -0.134. The summed E-state index contributed by atoms with van der Waals surface area (Å²) in [5.74, 6) is -0.417. The Hall–Kier alpha value is -0.740. The molecule has 0 aliphatic carbocycles. The fourth-order valence-electron chi connectivity index (χ4n) is 1.61. The van der Waals surface area contributed by atoms with Crippen LogP contribution in [-0.4, -0.2) is 55.7 Å². The Kier molecular flexibility index (Phi) is 2.94. The number of ketones is 1. The smallest absolute Gasteiger partial charge is 0.200 e. The maximum atomic E-state index is 11.0. The van der Waals surface area contributed by atoms with E-state index in [0.29, 0.717) is 19.4 Å². The SMILES string of the molecule is CN1CC(C(=O)C=O)CN(C)C1. The molecule has 0 atom stereocenters. The van der Waals surface area contributed by atoms with Crippen molar-refractivity contribution in [3.8, 4) is 0 Å². The molecule has 0 radical (unpaired) electrons. The summed E-state index contributed by atoms with van der Waals surface area (Å²) in [5, 5.41) is 0. The lowest BCUT2D eigenvalue weighted by Gasteiger charge is -2.34. The van der Waals surface area contributed by atoms with Gasteiger partial charge in [0.05, 0.1) is 12.6 Å². The highest BCUT2D eigenvalue weighted by atomic mass is 16.2. The fraction of sp³-hybridized carbons (Fsp3) is 0.750. The zero-order valence-electron chi connectivity index (χ0n) is 7.49. The molecule has 4 heteroatoms. The first-order chi connectivity index (χ1) is 5.63. The Labute approximate surface area is 72.1 Å². The molecule has 0 bridgehead atoms. The van der Waals surface area contributed by atoms with Gasteiger partial charge in [0.1, 0.15) is 0 Å². The first-order valence-corrected chi connectivity index (χ1v) is 3.99. The Bertz CT molecular complexity index is 183. The average Bonchev–Trinajstić information content (AvgIpc) is 2.01. The molecule has 1 aliphatic heterocycles. The van der Waals surface area contributed by atoms with Gasteiger partial charge in [-0.25, -0.2) is 0 Å². The molecule has 0 spiro atoms. The van der Waals surface area contributed by atoms with Crippen molar-refractivity contribution in [2.75, 3.05) is 33.9 Å². The van der Waals surface area contributed by atoms with E-state index in [4.69, 9.17) is 0 Å². The van der Waals surface area contributed by atoms with Gasteiger partial charge in [0.15, 0.2) is 6.29 Å². The largest absolute Gasteiger partial charge is 0.295 e. The summed E-state index contributed by atoms with van der Waals surface area (Å²) in [6.07, 6.45) is 0.428. The van der Waals surface area contributed by atoms with Crippen LogP contribution in [0.2, 0.25) is 0 Å². The third kappa shape index (κ3) is 2.12. The molecule has 0 unspecified atom stereocenters. The standard InChI is InChI=1S/C8H14N2O2/c1-9-3-7(8(12)5-11)4-10(2)6-9/h5,7H,3-4,6H2,1-2H3. The van der Waals surface area contributed by atoms with Crippen LogP contribution in [0.25, 0.3) is 0 Å². The lowest BCUT2D eigenvalue weighted by atomic mass is 10.0. The first kappa shape index (κ1) is 9.35. The molecule has 0 aromatic heterocycles. The van der Waals surface area contributed by atoms with Gasteiger partial charge in [0.25, 0.3) is 0 Å². The summed E-state index contributed by atoms with van der Waals surface area (Å²) < 4.78 is 0. The molecule has 12 heavy (non-hydrogen) atoms. The third-order valence-corrected chi connectivity index (χ3v) is 2.07. The van der Waals surface area contributed by atoms with Crippen LogP contribution in [-0.2, 0) is 9.59 Å². The summed E-state index contributed by atoms with van der Waals surface area (Å²) >= 11 is 0. The number of hydrogen-bond donors (Lipinski definition) is 0. The molecule has 1 fully saturated rings. The molecule has 1 rings (SSSR count). The van der Waals surface area contributed by atoms with Crippen LogP contribution in [0.4, 0.5) is 0 Å². The van der Waals surface area contributed by atoms with E-state index in [2.05, 4.69) is 0 Å². The maximum Gasteiger partial charge on any atom is 0.200 e. The van der Waals surface area contributed by atoms with Crippen LogP contribution in [0.5, 0.6) is 0 Å². The quantitative estimate of drug-likeness (QED) is 0.402. The number of nitrogens with zero attached hydrogens (tertiary/aromatic N) is 2. The van der Waals surface area contributed by atoms with Crippen LogP contribution >= 0.6 is 0 Å². The van der Waals surface area contributed by atoms with E-state index >= 15 is 0 Å². The number of carbonyl (C=O) groups is 2. The van der Waals surface area contributed by atoms with Gasteiger partial charge in [-0.1, -0.05) is 0 Å². The van der Waals surface area contributed by atoms with Crippen LogP contribution in [0.3, 0.4) is 0 Å². The van der Waals surface area contributed by atoms with Gasteiger partial charge in [-0.05, 0) is 14.1 Å². The predicted molar refractivity (Wildman–Crippen MR) is 44.7 cm³/mol. The highest BCUT2D eigenvalue weighted by Crippen LogP contribution is 2.08. The van der Waals surface area contributed by atoms with E-state index in [-0.39, 0.29) is 11.7 Å². The van der Waals surface area contributed by atoms with Crippen LogP contribution in [0.1, 0.15) is 0 Å². The minimum atomic E-state index is -0.284. The van der Waals surface area contributed by atoms with Crippen molar-refractivity contribution in [1.82, 2.24) is 9.80 Å². The highest BCUT2D eigenvalue weighted by molar-refractivity contribution is 6.26. The average molecular weight is 170 g/mol. The van der Waals surface area contributed by atoms with Crippen LogP contribution < -0.4 is 0 Å². The molecular weight excluding hydrogens is 156 g/mol. The molecule has 1 aliphatic rings. The highest BCUT2D eigenvalue weighted by Gasteiger charge is 2.25.